The molecule has 1 amide bonds. The molecule has 1 aromatic rings. The third-order valence-corrected chi connectivity index (χ3v) is 8.33. The van der Waals surface area contributed by atoms with Crippen LogP contribution >= 0.6 is 11.8 Å². The van der Waals surface area contributed by atoms with Crippen molar-refractivity contribution in [1.29, 1.82) is 0 Å². The summed E-state index contributed by atoms with van der Waals surface area (Å²) in [5, 5.41) is 0.451. The summed E-state index contributed by atoms with van der Waals surface area (Å²) in [6.45, 7) is 7.98. The van der Waals surface area contributed by atoms with Crippen LogP contribution in [0, 0.1) is 6.92 Å². The van der Waals surface area contributed by atoms with Gasteiger partial charge in [-0.25, -0.2) is 8.42 Å². The zero-order valence-electron chi connectivity index (χ0n) is 16.7. The Morgan fingerprint density at radius 1 is 1.32 bits per heavy atom. The Hall–Kier alpha value is -1.58. The highest BCUT2D eigenvalue weighted by molar-refractivity contribution is 8.16. The molecule has 7 nitrogen and oxygen atoms in total. The first-order chi connectivity index (χ1) is 13.3. The number of hydrogen-bond donors (Lipinski definition) is 0. The molecule has 2 saturated heterocycles. The lowest BCUT2D eigenvalue weighted by molar-refractivity contribution is -0.121. The molecular formula is C19H27N3O4S2. The van der Waals surface area contributed by atoms with Crippen molar-refractivity contribution in [2.24, 2.45) is 4.99 Å². The van der Waals surface area contributed by atoms with Gasteiger partial charge in [-0.15, -0.1) is 0 Å². The molecule has 0 N–H and O–H groups in total. The third kappa shape index (κ3) is 4.21. The number of benzene rings is 1. The molecule has 3 rings (SSSR count). The lowest BCUT2D eigenvalue weighted by Crippen LogP contribution is -2.38. The molecular weight excluding hydrogens is 398 g/mol. The minimum absolute atomic E-state index is 0.0827. The maximum Gasteiger partial charge on any atom is 0.274 e. The molecule has 0 aliphatic carbocycles. The van der Waals surface area contributed by atoms with Crippen LogP contribution in [0.2, 0.25) is 0 Å². The number of fused-ring (bicyclic) bond motifs is 1. The van der Waals surface area contributed by atoms with Gasteiger partial charge in [0.1, 0.15) is 6.61 Å². The number of aliphatic imine (C=N–C) groups is 1. The number of carbonyl (C=O) groups excluding carboxylic acids is 1. The standard InChI is InChI=1S/C19H27N3O4S2/c1-5-21(6-2)14-7-8-15(13(3)9-14)22-16-11-28(24,25)12-17(16)27-19(22)20-18(23)10-26-4/h7-9,16-17H,5-6,10-12H2,1-4H3/t16-,17+/m1/s1. The van der Waals surface area contributed by atoms with Gasteiger partial charge < -0.3 is 14.5 Å². The lowest BCUT2D eigenvalue weighted by Gasteiger charge is -2.28. The van der Waals surface area contributed by atoms with Crippen molar-refractivity contribution in [3.63, 3.8) is 0 Å². The SMILES string of the molecule is CCN(CC)c1ccc(N2C(=NC(=O)COC)S[C@H]3CS(=O)(=O)C[C@H]32)c(C)c1. The first kappa shape index (κ1) is 21.1. The molecule has 2 aliphatic rings. The number of methoxy groups -OCH3 is 1. The molecule has 0 unspecified atom stereocenters. The average Bonchev–Trinajstić information content (AvgIpc) is 3.08. The van der Waals surface area contributed by atoms with Gasteiger partial charge in [-0.05, 0) is 44.5 Å². The van der Waals surface area contributed by atoms with Crippen LogP contribution in [0.4, 0.5) is 11.4 Å². The third-order valence-electron chi connectivity index (χ3n) is 5.12. The number of sulfone groups is 1. The average molecular weight is 426 g/mol. The van der Waals surface area contributed by atoms with Crippen molar-refractivity contribution in [1.82, 2.24) is 0 Å². The quantitative estimate of drug-likeness (QED) is 0.690. The topological polar surface area (TPSA) is 79.3 Å². The molecule has 2 atom stereocenters. The van der Waals surface area contributed by atoms with Gasteiger partial charge in [0.05, 0.1) is 17.5 Å². The normalized spacial score (nSPS) is 24.6. The van der Waals surface area contributed by atoms with E-state index in [0.29, 0.717) is 5.17 Å². The van der Waals surface area contributed by atoms with Gasteiger partial charge in [0.2, 0.25) is 0 Å². The molecule has 9 heteroatoms. The second kappa shape index (κ2) is 8.42. The zero-order valence-corrected chi connectivity index (χ0v) is 18.3. The van der Waals surface area contributed by atoms with Crippen molar-refractivity contribution in [3.05, 3.63) is 23.8 Å². The summed E-state index contributed by atoms with van der Waals surface area (Å²) in [6, 6.07) is 5.96. The van der Waals surface area contributed by atoms with Crippen LogP contribution in [0.25, 0.3) is 0 Å². The Bertz CT molecular complexity index is 881. The van der Waals surface area contributed by atoms with Gasteiger partial charge in [0.25, 0.3) is 5.91 Å². The summed E-state index contributed by atoms with van der Waals surface area (Å²) in [6.07, 6.45) is 0. The number of carbonyl (C=O) groups is 1. The molecule has 2 fully saturated rings. The number of nitrogens with zero attached hydrogens (tertiary/aromatic N) is 3. The van der Waals surface area contributed by atoms with Gasteiger partial charge in [0, 0.05) is 36.8 Å². The first-order valence-electron chi connectivity index (χ1n) is 9.42. The van der Waals surface area contributed by atoms with Crippen LogP contribution in [0.3, 0.4) is 0 Å². The number of ether oxygens (including phenoxy) is 1. The number of thioether (sulfide) groups is 1. The van der Waals surface area contributed by atoms with Crippen LogP contribution in [-0.2, 0) is 19.4 Å². The van der Waals surface area contributed by atoms with E-state index in [-0.39, 0.29) is 35.3 Å². The van der Waals surface area contributed by atoms with Crippen molar-refractivity contribution >= 4 is 44.0 Å². The number of aryl methyl sites for hydroxylation is 1. The summed E-state index contributed by atoms with van der Waals surface area (Å²) >= 11 is 1.38. The Morgan fingerprint density at radius 2 is 2.04 bits per heavy atom. The molecule has 0 aromatic heterocycles. The van der Waals surface area contributed by atoms with E-state index in [0.717, 1.165) is 30.0 Å². The van der Waals surface area contributed by atoms with E-state index in [1.54, 1.807) is 0 Å². The maximum atomic E-state index is 12.2. The lowest BCUT2D eigenvalue weighted by atomic mass is 10.1. The highest BCUT2D eigenvalue weighted by Gasteiger charge is 2.49. The van der Waals surface area contributed by atoms with Gasteiger partial charge >= 0.3 is 0 Å². The smallest absolute Gasteiger partial charge is 0.274 e. The van der Waals surface area contributed by atoms with E-state index in [1.807, 2.05) is 24.0 Å². The van der Waals surface area contributed by atoms with E-state index in [9.17, 15) is 13.2 Å². The van der Waals surface area contributed by atoms with Gasteiger partial charge in [-0.3, -0.25) is 4.79 Å². The molecule has 0 saturated carbocycles. The second-order valence-electron chi connectivity index (χ2n) is 7.03. The maximum absolute atomic E-state index is 12.2. The fourth-order valence-electron chi connectivity index (χ4n) is 3.80. The molecule has 2 aliphatic heterocycles. The summed E-state index contributed by atoms with van der Waals surface area (Å²) < 4.78 is 29.3. The Kier molecular flexibility index (Phi) is 6.36. The predicted molar refractivity (Wildman–Crippen MR) is 115 cm³/mol. The minimum Gasteiger partial charge on any atom is -0.375 e. The number of hydrogen-bond acceptors (Lipinski definition) is 6. The molecule has 28 heavy (non-hydrogen) atoms. The molecule has 0 bridgehead atoms. The van der Waals surface area contributed by atoms with E-state index in [4.69, 9.17) is 4.74 Å². The Labute approximate surface area is 171 Å². The van der Waals surface area contributed by atoms with Crippen LogP contribution in [-0.4, -0.2) is 69.1 Å². The summed E-state index contributed by atoms with van der Waals surface area (Å²) in [4.78, 5) is 20.5. The van der Waals surface area contributed by atoms with Crippen LogP contribution in [0.15, 0.2) is 23.2 Å². The highest BCUT2D eigenvalue weighted by Crippen LogP contribution is 2.42. The number of amidine groups is 1. The van der Waals surface area contributed by atoms with E-state index in [1.165, 1.54) is 18.9 Å². The van der Waals surface area contributed by atoms with E-state index in [2.05, 4.69) is 29.8 Å². The van der Waals surface area contributed by atoms with Crippen molar-refractivity contribution in [2.75, 3.05) is 48.1 Å². The first-order valence-corrected chi connectivity index (χ1v) is 12.1. The van der Waals surface area contributed by atoms with Crippen molar-refractivity contribution in [3.8, 4) is 0 Å². The summed E-state index contributed by atoms with van der Waals surface area (Å²) in [7, 11) is -1.63. The molecule has 0 radical (unpaired) electrons. The minimum atomic E-state index is -3.09. The predicted octanol–water partition coefficient (Wildman–Crippen LogP) is 2.09. The number of amides is 1. The fraction of sp³-hybridized carbons (Fsp3) is 0.579. The summed E-state index contributed by atoms with van der Waals surface area (Å²) in [5.41, 5.74) is 3.06. The van der Waals surface area contributed by atoms with Gasteiger partial charge in [0.15, 0.2) is 15.0 Å². The van der Waals surface area contributed by atoms with E-state index < -0.39 is 9.84 Å². The number of anilines is 2. The molecule has 0 spiro atoms. The molecule has 1 aromatic carbocycles. The number of rotatable bonds is 6. The Balaban J connectivity index is 2.00. The monoisotopic (exact) mass is 425 g/mol. The molecule has 154 valence electrons. The van der Waals surface area contributed by atoms with Gasteiger partial charge in [-0.2, -0.15) is 4.99 Å². The summed E-state index contributed by atoms with van der Waals surface area (Å²) in [5.74, 6) is -0.165. The van der Waals surface area contributed by atoms with Crippen LogP contribution in [0.5, 0.6) is 0 Å². The van der Waals surface area contributed by atoms with Crippen LogP contribution < -0.4 is 9.80 Å². The second-order valence-corrected chi connectivity index (χ2v) is 10.4. The van der Waals surface area contributed by atoms with Gasteiger partial charge in [-0.1, -0.05) is 11.8 Å². The fourth-order valence-corrected chi connectivity index (χ4v) is 7.73. The molecule has 2 heterocycles. The Morgan fingerprint density at radius 3 is 2.64 bits per heavy atom. The van der Waals surface area contributed by atoms with Crippen molar-refractivity contribution < 1.29 is 17.9 Å². The van der Waals surface area contributed by atoms with E-state index >= 15 is 0 Å². The largest absolute Gasteiger partial charge is 0.375 e. The van der Waals surface area contributed by atoms with Crippen molar-refractivity contribution in [2.45, 2.75) is 32.1 Å². The highest BCUT2D eigenvalue weighted by atomic mass is 32.2. The van der Waals surface area contributed by atoms with Crippen LogP contribution in [0.1, 0.15) is 19.4 Å². The zero-order chi connectivity index (χ0) is 20.5.